The number of aromatic nitrogens is 3. The molecule has 3 amide bonds. The standard InChI is InChI=1S/C31H40N6O6/c1-31(2,3)43-30(40)36-16-14-35(15-17-36)29(39)20-6-9-22(10-7-20)33-28(38)23-19-27-32-13-12-24(37(27)34-23)21-8-11-25(41-4)26(18-21)42-5/h8,11-13,18-20,22H,6-7,9-10,14-17H2,1-5H3,(H,33,38). The van der Waals surface area contributed by atoms with E-state index in [1.54, 1.807) is 35.9 Å². The normalized spacial score (nSPS) is 19.2. The fraction of sp³-hybridized carbons (Fsp3) is 0.516. The summed E-state index contributed by atoms with van der Waals surface area (Å²) in [6, 6.07) is 9.05. The molecule has 1 saturated carbocycles. The largest absolute Gasteiger partial charge is 0.493 e. The van der Waals surface area contributed by atoms with Crippen molar-refractivity contribution in [1.29, 1.82) is 0 Å². The molecule has 0 radical (unpaired) electrons. The highest BCUT2D eigenvalue weighted by Crippen LogP contribution is 2.32. The van der Waals surface area contributed by atoms with Crippen molar-refractivity contribution in [2.45, 2.75) is 58.1 Å². The van der Waals surface area contributed by atoms with E-state index in [0.717, 1.165) is 11.3 Å². The van der Waals surface area contributed by atoms with Crippen LogP contribution in [0.3, 0.4) is 0 Å². The molecule has 1 saturated heterocycles. The third-order valence-electron chi connectivity index (χ3n) is 7.92. The van der Waals surface area contributed by atoms with Gasteiger partial charge in [-0.15, -0.1) is 0 Å². The third kappa shape index (κ3) is 6.84. The van der Waals surface area contributed by atoms with Gasteiger partial charge >= 0.3 is 6.09 Å². The second-order valence-corrected chi connectivity index (χ2v) is 12.0. The average molecular weight is 593 g/mol. The lowest BCUT2D eigenvalue weighted by atomic mass is 9.85. The molecule has 1 N–H and O–H groups in total. The van der Waals surface area contributed by atoms with Crippen LogP contribution in [-0.4, -0.2) is 94.3 Å². The molecule has 5 rings (SSSR count). The Morgan fingerprint density at radius 3 is 2.21 bits per heavy atom. The van der Waals surface area contributed by atoms with Crippen molar-refractivity contribution in [3.05, 3.63) is 42.2 Å². The highest BCUT2D eigenvalue weighted by Gasteiger charge is 2.33. The molecule has 2 aromatic heterocycles. The Labute approximate surface area is 251 Å². The van der Waals surface area contributed by atoms with Crippen molar-refractivity contribution in [2.75, 3.05) is 40.4 Å². The molecule has 0 bridgehead atoms. The van der Waals surface area contributed by atoms with Crippen LogP contribution in [0.2, 0.25) is 0 Å². The van der Waals surface area contributed by atoms with E-state index in [1.165, 1.54) is 0 Å². The Hall–Kier alpha value is -4.35. The number of piperazine rings is 1. The fourth-order valence-electron chi connectivity index (χ4n) is 5.66. The Morgan fingerprint density at radius 2 is 1.56 bits per heavy atom. The van der Waals surface area contributed by atoms with Gasteiger partial charge in [-0.25, -0.2) is 14.3 Å². The highest BCUT2D eigenvalue weighted by atomic mass is 16.6. The van der Waals surface area contributed by atoms with Crippen LogP contribution in [0.25, 0.3) is 16.9 Å². The maximum Gasteiger partial charge on any atom is 0.410 e. The second-order valence-electron chi connectivity index (χ2n) is 12.0. The maximum atomic E-state index is 13.2. The molecule has 12 nitrogen and oxygen atoms in total. The third-order valence-corrected chi connectivity index (χ3v) is 7.92. The number of carbonyl (C=O) groups excluding carboxylic acids is 3. The summed E-state index contributed by atoms with van der Waals surface area (Å²) in [4.78, 5) is 46.6. The zero-order valence-electron chi connectivity index (χ0n) is 25.5. The van der Waals surface area contributed by atoms with E-state index in [2.05, 4.69) is 15.4 Å². The van der Waals surface area contributed by atoms with Gasteiger partial charge in [-0.3, -0.25) is 9.59 Å². The van der Waals surface area contributed by atoms with Crippen LogP contribution >= 0.6 is 0 Å². The monoisotopic (exact) mass is 592 g/mol. The molecule has 2 aliphatic rings. The van der Waals surface area contributed by atoms with Gasteiger partial charge in [0.25, 0.3) is 5.91 Å². The van der Waals surface area contributed by atoms with Crippen LogP contribution in [0, 0.1) is 5.92 Å². The van der Waals surface area contributed by atoms with Crippen LogP contribution < -0.4 is 14.8 Å². The van der Waals surface area contributed by atoms with Crippen molar-refractivity contribution in [1.82, 2.24) is 29.7 Å². The van der Waals surface area contributed by atoms with E-state index < -0.39 is 5.60 Å². The summed E-state index contributed by atoms with van der Waals surface area (Å²) < 4.78 is 17.9. The molecule has 0 spiro atoms. The molecule has 0 unspecified atom stereocenters. The number of ether oxygens (including phenoxy) is 3. The zero-order chi connectivity index (χ0) is 30.7. The SMILES string of the molecule is COc1ccc(-c2ccnc3cc(C(=O)NC4CCC(C(=O)N5CCN(C(=O)OC(C)(C)C)CC5)CC4)nn23)cc1OC. The number of hydrogen-bond donors (Lipinski definition) is 1. The minimum Gasteiger partial charge on any atom is -0.493 e. The van der Waals surface area contributed by atoms with E-state index in [4.69, 9.17) is 14.2 Å². The lowest BCUT2D eigenvalue weighted by Crippen LogP contribution is -2.53. The van der Waals surface area contributed by atoms with Crippen molar-refractivity contribution < 1.29 is 28.6 Å². The van der Waals surface area contributed by atoms with Gasteiger partial charge in [0.2, 0.25) is 5.91 Å². The summed E-state index contributed by atoms with van der Waals surface area (Å²) in [5, 5.41) is 7.67. The molecule has 12 heteroatoms. The lowest BCUT2D eigenvalue weighted by Gasteiger charge is -2.38. The van der Waals surface area contributed by atoms with E-state index >= 15 is 0 Å². The maximum absolute atomic E-state index is 13.2. The van der Waals surface area contributed by atoms with Gasteiger partial charge in [0.15, 0.2) is 22.8 Å². The molecule has 1 aliphatic heterocycles. The zero-order valence-corrected chi connectivity index (χ0v) is 25.5. The summed E-state index contributed by atoms with van der Waals surface area (Å²) in [6.07, 6.45) is 4.17. The lowest BCUT2D eigenvalue weighted by molar-refractivity contribution is -0.138. The molecule has 230 valence electrons. The Kier molecular flexibility index (Phi) is 8.74. The molecule has 2 fully saturated rings. The number of benzene rings is 1. The van der Waals surface area contributed by atoms with Crippen LogP contribution in [0.5, 0.6) is 11.5 Å². The topological polar surface area (TPSA) is 128 Å². The smallest absolute Gasteiger partial charge is 0.410 e. The average Bonchev–Trinajstić information content (AvgIpc) is 3.45. The summed E-state index contributed by atoms with van der Waals surface area (Å²) in [6.45, 7) is 7.46. The van der Waals surface area contributed by atoms with Gasteiger partial charge < -0.3 is 29.3 Å². The van der Waals surface area contributed by atoms with Gasteiger partial charge in [0.1, 0.15) is 5.60 Å². The number of amides is 3. The van der Waals surface area contributed by atoms with Crippen LogP contribution in [0.15, 0.2) is 36.5 Å². The van der Waals surface area contributed by atoms with Crippen molar-refractivity contribution in [3.63, 3.8) is 0 Å². The van der Waals surface area contributed by atoms with E-state index in [0.29, 0.717) is 69.0 Å². The van der Waals surface area contributed by atoms with Gasteiger partial charge in [-0.1, -0.05) is 0 Å². The summed E-state index contributed by atoms with van der Waals surface area (Å²) in [5.41, 5.74) is 1.89. The van der Waals surface area contributed by atoms with Crippen molar-refractivity contribution in [3.8, 4) is 22.8 Å². The summed E-state index contributed by atoms with van der Waals surface area (Å²) >= 11 is 0. The molecular formula is C31H40N6O6. The minimum atomic E-state index is -0.547. The molecule has 3 heterocycles. The van der Waals surface area contributed by atoms with Gasteiger partial charge in [0, 0.05) is 56.0 Å². The predicted molar refractivity (Wildman–Crippen MR) is 159 cm³/mol. The Balaban J connectivity index is 1.15. The number of fused-ring (bicyclic) bond motifs is 1. The van der Waals surface area contributed by atoms with Gasteiger partial charge in [-0.2, -0.15) is 5.10 Å². The fourth-order valence-corrected chi connectivity index (χ4v) is 5.66. The van der Waals surface area contributed by atoms with E-state index in [9.17, 15) is 14.4 Å². The Morgan fingerprint density at radius 1 is 0.884 bits per heavy atom. The first-order valence-electron chi connectivity index (χ1n) is 14.7. The molecule has 3 aromatic rings. The van der Waals surface area contributed by atoms with Crippen molar-refractivity contribution in [2.24, 2.45) is 5.92 Å². The van der Waals surface area contributed by atoms with Crippen LogP contribution in [-0.2, 0) is 9.53 Å². The number of rotatable bonds is 6. The van der Waals surface area contributed by atoms with E-state index in [-0.39, 0.29) is 35.6 Å². The number of nitrogens with zero attached hydrogens (tertiary/aromatic N) is 5. The van der Waals surface area contributed by atoms with Crippen LogP contribution in [0.1, 0.15) is 56.9 Å². The summed E-state index contributed by atoms with van der Waals surface area (Å²) in [7, 11) is 3.17. The first kappa shape index (κ1) is 30.1. The first-order valence-corrected chi connectivity index (χ1v) is 14.7. The first-order chi connectivity index (χ1) is 20.6. The number of methoxy groups -OCH3 is 2. The predicted octanol–water partition coefficient (Wildman–Crippen LogP) is 3.78. The minimum absolute atomic E-state index is 0.0383. The van der Waals surface area contributed by atoms with Crippen molar-refractivity contribution >= 4 is 23.6 Å². The molecule has 1 aromatic carbocycles. The second kappa shape index (κ2) is 12.5. The van der Waals surface area contributed by atoms with Gasteiger partial charge in [0.05, 0.1) is 19.9 Å². The van der Waals surface area contributed by atoms with E-state index in [1.807, 2.05) is 49.9 Å². The molecule has 1 aliphatic carbocycles. The highest BCUT2D eigenvalue weighted by molar-refractivity contribution is 5.93. The molecule has 0 atom stereocenters. The van der Waals surface area contributed by atoms with Crippen LogP contribution in [0.4, 0.5) is 4.79 Å². The number of carbonyl (C=O) groups is 3. The molecule has 43 heavy (non-hydrogen) atoms. The number of nitrogens with one attached hydrogen (secondary N) is 1. The quantitative estimate of drug-likeness (QED) is 0.458. The summed E-state index contributed by atoms with van der Waals surface area (Å²) in [5.74, 6) is 0.991. The number of hydrogen-bond acceptors (Lipinski definition) is 8. The molecular weight excluding hydrogens is 552 g/mol. The van der Waals surface area contributed by atoms with Gasteiger partial charge in [-0.05, 0) is 70.7 Å². The Bertz CT molecular complexity index is 1480.